The van der Waals surface area contributed by atoms with E-state index in [1.54, 1.807) is 5.32 Å². The predicted octanol–water partition coefficient (Wildman–Crippen LogP) is -1.15. The zero-order chi connectivity index (χ0) is 14.4. The minimum absolute atomic E-state index is 0.260. The molecule has 0 atom stereocenters. The van der Waals surface area contributed by atoms with Gasteiger partial charge in [0, 0.05) is 13.1 Å². The first-order valence-electron chi connectivity index (χ1n) is 4.89. The number of carbonyl (C=O) groups excluding carboxylic acids is 2. The van der Waals surface area contributed by atoms with Crippen molar-refractivity contribution >= 4 is 21.9 Å². The first-order chi connectivity index (χ1) is 8.11. The van der Waals surface area contributed by atoms with Gasteiger partial charge in [-0.15, -0.1) is 0 Å². The standard InChI is InChI=1S/C8H14F2N2O5S/c1-3-17-7(14)8(9,10)6(13)11-4-5-12-18(2,15)16/h12H,3-5H2,1-2H3,(H,11,13). The highest BCUT2D eigenvalue weighted by atomic mass is 32.2. The van der Waals surface area contributed by atoms with Crippen molar-refractivity contribution in [2.24, 2.45) is 0 Å². The molecule has 2 N–H and O–H groups in total. The summed E-state index contributed by atoms with van der Waals surface area (Å²) in [5, 5.41) is 1.72. The molecule has 0 aliphatic rings. The van der Waals surface area contributed by atoms with E-state index in [1.165, 1.54) is 6.92 Å². The summed E-state index contributed by atoms with van der Waals surface area (Å²) < 4.78 is 53.3. The third kappa shape index (κ3) is 5.87. The van der Waals surface area contributed by atoms with Gasteiger partial charge in [-0.1, -0.05) is 0 Å². The number of amides is 1. The van der Waals surface area contributed by atoms with E-state index < -0.39 is 27.8 Å². The van der Waals surface area contributed by atoms with Crippen molar-refractivity contribution < 1.29 is 31.5 Å². The highest BCUT2D eigenvalue weighted by Gasteiger charge is 2.48. The van der Waals surface area contributed by atoms with Gasteiger partial charge >= 0.3 is 17.8 Å². The molecule has 0 bridgehead atoms. The first-order valence-corrected chi connectivity index (χ1v) is 6.78. The number of hydrogen-bond acceptors (Lipinski definition) is 5. The van der Waals surface area contributed by atoms with E-state index in [4.69, 9.17) is 0 Å². The summed E-state index contributed by atoms with van der Waals surface area (Å²) >= 11 is 0. The van der Waals surface area contributed by atoms with Gasteiger partial charge in [0.1, 0.15) is 0 Å². The van der Waals surface area contributed by atoms with Crippen molar-refractivity contribution in [3.8, 4) is 0 Å². The lowest BCUT2D eigenvalue weighted by Crippen LogP contribution is -2.48. The maximum Gasteiger partial charge on any atom is 0.418 e. The first kappa shape index (κ1) is 16.7. The average molecular weight is 288 g/mol. The van der Waals surface area contributed by atoms with Crippen LogP contribution in [-0.4, -0.2) is 52.2 Å². The molecule has 0 aliphatic heterocycles. The molecule has 0 aromatic carbocycles. The van der Waals surface area contributed by atoms with Gasteiger partial charge in [-0.05, 0) is 6.92 Å². The van der Waals surface area contributed by atoms with Crippen LogP contribution in [0.25, 0.3) is 0 Å². The van der Waals surface area contributed by atoms with Crippen LogP contribution < -0.4 is 10.0 Å². The largest absolute Gasteiger partial charge is 0.461 e. The highest BCUT2D eigenvalue weighted by molar-refractivity contribution is 7.88. The van der Waals surface area contributed by atoms with Crippen molar-refractivity contribution in [3.05, 3.63) is 0 Å². The molecular weight excluding hydrogens is 274 g/mol. The summed E-state index contributed by atoms with van der Waals surface area (Å²) in [5.41, 5.74) is 0. The Labute approximate surface area is 103 Å². The molecule has 0 spiro atoms. The van der Waals surface area contributed by atoms with Crippen LogP contribution >= 0.6 is 0 Å². The highest BCUT2D eigenvalue weighted by Crippen LogP contribution is 2.15. The normalized spacial score (nSPS) is 12.0. The van der Waals surface area contributed by atoms with Crippen LogP contribution in [0, 0.1) is 0 Å². The summed E-state index contributed by atoms with van der Waals surface area (Å²) in [7, 11) is -3.46. The molecule has 7 nitrogen and oxygen atoms in total. The van der Waals surface area contributed by atoms with Crippen LogP contribution in [0.5, 0.6) is 0 Å². The Balaban J connectivity index is 4.20. The van der Waals surface area contributed by atoms with Gasteiger partial charge in [0.2, 0.25) is 10.0 Å². The monoisotopic (exact) mass is 288 g/mol. The molecule has 10 heteroatoms. The third-order valence-electron chi connectivity index (χ3n) is 1.59. The number of carbonyl (C=O) groups is 2. The molecule has 0 heterocycles. The zero-order valence-corrected chi connectivity index (χ0v) is 10.6. The van der Waals surface area contributed by atoms with Gasteiger partial charge in [0.05, 0.1) is 12.9 Å². The van der Waals surface area contributed by atoms with Gasteiger partial charge in [-0.2, -0.15) is 8.78 Å². The number of nitrogens with one attached hydrogen (secondary N) is 2. The SMILES string of the molecule is CCOC(=O)C(F)(F)C(=O)NCCNS(C)(=O)=O. The van der Waals surface area contributed by atoms with Gasteiger partial charge in [0.25, 0.3) is 0 Å². The lowest BCUT2D eigenvalue weighted by molar-refractivity contribution is -0.177. The van der Waals surface area contributed by atoms with E-state index in [2.05, 4.69) is 4.74 Å². The molecule has 0 rings (SSSR count). The Morgan fingerprint density at radius 1 is 1.28 bits per heavy atom. The van der Waals surface area contributed by atoms with E-state index in [1.807, 2.05) is 4.72 Å². The summed E-state index contributed by atoms with van der Waals surface area (Å²) in [4.78, 5) is 21.7. The average Bonchev–Trinajstić information content (AvgIpc) is 2.22. The van der Waals surface area contributed by atoms with E-state index in [-0.39, 0.29) is 19.7 Å². The Kier molecular flexibility index (Phi) is 6.12. The van der Waals surface area contributed by atoms with Crippen molar-refractivity contribution in [3.63, 3.8) is 0 Å². The molecular formula is C8H14F2N2O5S. The Bertz CT molecular complexity index is 410. The molecule has 0 aromatic heterocycles. The molecule has 0 unspecified atom stereocenters. The molecule has 0 saturated heterocycles. The summed E-state index contributed by atoms with van der Waals surface area (Å²) in [6.07, 6.45) is 0.877. The van der Waals surface area contributed by atoms with Crippen LogP contribution in [0.1, 0.15) is 6.92 Å². The lowest BCUT2D eigenvalue weighted by atomic mass is 10.3. The molecule has 0 radical (unpaired) electrons. The van der Waals surface area contributed by atoms with Crippen molar-refractivity contribution in [1.29, 1.82) is 0 Å². The maximum absolute atomic E-state index is 13.0. The van der Waals surface area contributed by atoms with Crippen molar-refractivity contribution in [1.82, 2.24) is 10.0 Å². The zero-order valence-electron chi connectivity index (χ0n) is 9.83. The molecule has 0 aromatic rings. The quantitative estimate of drug-likeness (QED) is 0.350. The molecule has 1 amide bonds. The Hall–Kier alpha value is -1.29. The number of rotatable bonds is 7. The van der Waals surface area contributed by atoms with E-state index >= 15 is 0 Å². The second-order valence-electron chi connectivity index (χ2n) is 3.22. The second kappa shape index (κ2) is 6.59. The number of sulfonamides is 1. The van der Waals surface area contributed by atoms with Gasteiger partial charge in [-0.3, -0.25) is 4.79 Å². The fraction of sp³-hybridized carbons (Fsp3) is 0.750. The summed E-state index contributed by atoms with van der Waals surface area (Å²) in [5.74, 6) is -8.07. The molecule has 0 saturated carbocycles. The van der Waals surface area contributed by atoms with Gasteiger partial charge < -0.3 is 10.1 Å². The van der Waals surface area contributed by atoms with Crippen molar-refractivity contribution in [2.45, 2.75) is 12.8 Å². The van der Waals surface area contributed by atoms with E-state index in [9.17, 15) is 26.8 Å². The van der Waals surface area contributed by atoms with Crippen molar-refractivity contribution in [2.75, 3.05) is 26.0 Å². The smallest absolute Gasteiger partial charge is 0.418 e. The molecule has 0 aliphatic carbocycles. The number of esters is 1. The van der Waals surface area contributed by atoms with E-state index in [0.717, 1.165) is 6.26 Å². The van der Waals surface area contributed by atoms with Crippen LogP contribution in [0.15, 0.2) is 0 Å². The predicted molar refractivity (Wildman–Crippen MR) is 57.4 cm³/mol. The number of ether oxygens (including phenoxy) is 1. The third-order valence-corrected chi connectivity index (χ3v) is 2.32. The van der Waals surface area contributed by atoms with Gasteiger partial charge in [-0.25, -0.2) is 17.9 Å². The summed E-state index contributed by atoms with van der Waals surface area (Å²) in [6, 6.07) is 0. The van der Waals surface area contributed by atoms with Crippen LogP contribution in [0.4, 0.5) is 8.78 Å². The number of halogens is 2. The number of alkyl halides is 2. The van der Waals surface area contributed by atoms with Crippen LogP contribution in [0.2, 0.25) is 0 Å². The van der Waals surface area contributed by atoms with Gasteiger partial charge in [0.15, 0.2) is 0 Å². The summed E-state index contributed by atoms with van der Waals surface area (Å²) in [6.45, 7) is 0.406. The fourth-order valence-electron chi connectivity index (χ4n) is 0.838. The molecule has 18 heavy (non-hydrogen) atoms. The topological polar surface area (TPSA) is 102 Å². The second-order valence-corrected chi connectivity index (χ2v) is 5.05. The Morgan fingerprint density at radius 3 is 2.28 bits per heavy atom. The minimum atomic E-state index is -4.29. The fourth-order valence-corrected chi connectivity index (χ4v) is 1.31. The molecule has 0 fully saturated rings. The minimum Gasteiger partial charge on any atom is -0.461 e. The van der Waals surface area contributed by atoms with E-state index in [0.29, 0.717) is 0 Å². The maximum atomic E-state index is 13.0. The lowest BCUT2D eigenvalue weighted by Gasteiger charge is -2.14. The Morgan fingerprint density at radius 2 is 1.83 bits per heavy atom. The van der Waals surface area contributed by atoms with Crippen LogP contribution in [0.3, 0.4) is 0 Å². The van der Waals surface area contributed by atoms with Crippen LogP contribution in [-0.2, 0) is 24.3 Å². The molecule has 106 valence electrons. The number of hydrogen-bond donors (Lipinski definition) is 2.